The summed E-state index contributed by atoms with van der Waals surface area (Å²) < 4.78 is 27.4. The molecule has 1 unspecified atom stereocenters. The fraction of sp³-hybridized carbons (Fsp3) is 0.231. The number of halogens is 2. The Hall–Kier alpha value is -3.98. The molecule has 0 fully saturated rings. The molecular weight excluding hydrogens is 452 g/mol. The summed E-state index contributed by atoms with van der Waals surface area (Å²) in [6, 6.07) is 15.1. The molecule has 0 radical (unpaired) electrons. The Labute approximate surface area is 201 Å². The van der Waals surface area contributed by atoms with Crippen LogP contribution in [0.3, 0.4) is 0 Å². The topological polar surface area (TPSA) is 102 Å². The van der Waals surface area contributed by atoms with E-state index in [0.717, 1.165) is 18.6 Å². The second kappa shape index (κ2) is 10.5. The van der Waals surface area contributed by atoms with Gasteiger partial charge in [0, 0.05) is 25.6 Å². The van der Waals surface area contributed by atoms with Crippen LogP contribution in [0.5, 0.6) is 0 Å². The summed E-state index contributed by atoms with van der Waals surface area (Å²) in [5.74, 6) is -2.74. The Balaban J connectivity index is 0.000000218. The maximum atomic E-state index is 13.2. The first-order chi connectivity index (χ1) is 16.8. The molecule has 0 saturated carbocycles. The third-order valence-corrected chi connectivity index (χ3v) is 5.81. The molecular formula is C26H25F2N5O2. The van der Waals surface area contributed by atoms with Crippen LogP contribution in [0.25, 0.3) is 5.65 Å². The number of hydrogen-bond donors (Lipinski definition) is 2. The normalized spacial score (nSPS) is 14.6. The van der Waals surface area contributed by atoms with Gasteiger partial charge in [0.15, 0.2) is 23.1 Å². The van der Waals surface area contributed by atoms with Gasteiger partial charge in [0.2, 0.25) is 0 Å². The van der Waals surface area contributed by atoms with Crippen molar-refractivity contribution in [1.82, 2.24) is 19.9 Å². The number of aryl methyl sites for hydroxylation is 1. The first kappa shape index (κ1) is 24.2. The molecule has 1 amide bonds. The Morgan fingerprint density at radius 3 is 2.66 bits per heavy atom. The molecule has 180 valence electrons. The third-order valence-electron chi connectivity index (χ3n) is 5.81. The molecule has 0 aliphatic heterocycles. The summed E-state index contributed by atoms with van der Waals surface area (Å²) in [7, 11) is 0. The number of ketones is 1. The highest BCUT2D eigenvalue weighted by atomic mass is 19.2. The van der Waals surface area contributed by atoms with Crippen molar-refractivity contribution in [2.75, 3.05) is 0 Å². The van der Waals surface area contributed by atoms with E-state index < -0.39 is 17.5 Å². The maximum Gasteiger partial charge on any atom is 0.270 e. The average Bonchev–Trinajstić information content (AvgIpc) is 3.33. The van der Waals surface area contributed by atoms with E-state index in [1.54, 1.807) is 6.07 Å². The van der Waals surface area contributed by atoms with Gasteiger partial charge < -0.3 is 11.1 Å². The second-order valence-corrected chi connectivity index (χ2v) is 8.31. The van der Waals surface area contributed by atoms with Gasteiger partial charge in [0.05, 0.1) is 6.20 Å². The van der Waals surface area contributed by atoms with E-state index in [9.17, 15) is 18.4 Å². The van der Waals surface area contributed by atoms with Crippen molar-refractivity contribution in [2.24, 2.45) is 5.73 Å². The lowest BCUT2D eigenvalue weighted by atomic mass is 9.88. The largest absolute Gasteiger partial charge is 0.347 e. The number of carbonyl (C=O) groups excluding carboxylic acids is 2. The number of rotatable bonds is 4. The van der Waals surface area contributed by atoms with Crippen LogP contribution in [0, 0.1) is 11.6 Å². The highest BCUT2D eigenvalue weighted by Gasteiger charge is 2.16. The van der Waals surface area contributed by atoms with Gasteiger partial charge >= 0.3 is 0 Å². The van der Waals surface area contributed by atoms with E-state index in [4.69, 9.17) is 5.73 Å². The van der Waals surface area contributed by atoms with Crippen LogP contribution in [0.1, 0.15) is 63.5 Å². The molecule has 2 aromatic carbocycles. The van der Waals surface area contributed by atoms with E-state index in [-0.39, 0.29) is 23.7 Å². The van der Waals surface area contributed by atoms with Gasteiger partial charge in [0.25, 0.3) is 5.91 Å². The van der Waals surface area contributed by atoms with Crippen molar-refractivity contribution in [1.29, 1.82) is 0 Å². The van der Waals surface area contributed by atoms with E-state index in [1.165, 1.54) is 53.7 Å². The van der Waals surface area contributed by atoms with Gasteiger partial charge in [-0.2, -0.15) is 5.10 Å². The summed E-state index contributed by atoms with van der Waals surface area (Å²) in [6.07, 6.45) is 5.08. The van der Waals surface area contributed by atoms with Gasteiger partial charge in [-0.1, -0.05) is 30.3 Å². The van der Waals surface area contributed by atoms with Crippen LogP contribution in [0.2, 0.25) is 0 Å². The molecule has 1 aliphatic carbocycles. The number of nitrogens with two attached hydrogens (primary N) is 1. The van der Waals surface area contributed by atoms with Crippen LogP contribution < -0.4 is 11.1 Å². The molecule has 2 aromatic heterocycles. The van der Waals surface area contributed by atoms with Gasteiger partial charge in [-0.15, -0.1) is 0 Å². The number of Topliss-reactive ketones (excluding diaryl/α,β-unsaturated/α-hetero) is 1. The quantitative estimate of drug-likeness (QED) is 0.430. The zero-order valence-corrected chi connectivity index (χ0v) is 19.2. The lowest BCUT2D eigenvalue weighted by molar-refractivity contribution is 0.0946. The molecule has 4 aromatic rings. The zero-order valence-electron chi connectivity index (χ0n) is 19.2. The molecule has 7 nitrogen and oxygen atoms in total. The molecule has 0 spiro atoms. The lowest BCUT2D eigenvalue weighted by Gasteiger charge is -2.21. The fourth-order valence-corrected chi connectivity index (χ4v) is 3.99. The second-order valence-electron chi connectivity index (χ2n) is 8.31. The number of fused-ring (bicyclic) bond motifs is 2. The lowest BCUT2D eigenvalue weighted by Crippen LogP contribution is -2.25. The Morgan fingerprint density at radius 1 is 1.11 bits per heavy atom. The molecule has 3 N–H and O–H groups in total. The number of hydrogen-bond acceptors (Lipinski definition) is 5. The van der Waals surface area contributed by atoms with E-state index >= 15 is 0 Å². The van der Waals surface area contributed by atoms with Gasteiger partial charge in [-0.05, 0) is 54.2 Å². The van der Waals surface area contributed by atoms with Crippen molar-refractivity contribution >= 4 is 17.3 Å². The molecule has 2 heterocycles. The summed E-state index contributed by atoms with van der Waals surface area (Å²) >= 11 is 0. The molecule has 5 rings (SSSR count). The van der Waals surface area contributed by atoms with Crippen molar-refractivity contribution in [2.45, 2.75) is 38.8 Å². The standard InChI is InChI=1S/C16H12F2N4O2.C10H13N/c1-9(23)14-7-13(21-15-4-5-20-22(14)15)16(24)19-8-10-2-3-11(17)12(18)6-10;11-10-7-3-5-8-4-1-2-6-9(8)10/h2-7H,8H2,1H3,(H,19,24);1-2,4,6,10H,3,5,7,11H2. The Bertz CT molecular complexity index is 1390. The number of aromatic nitrogens is 3. The average molecular weight is 478 g/mol. The van der Waals surface area contributed by atoms with Crippen molar-refractivity contribution < 1.29 is 18.4 Å². The van der Waals surface area contributed by atoms with Gasteiger partial charge in [0.1, 0.15) is 11.4 Å². The van der Waals surface area contributed by atoms with Crippen LogP contribution in [0.4, 0.5) is 8.78 Å². The summed E-state index contributed by atoms with van der Waals surface area (Å²) in [5, 5.41) is 6.53. The monoisotopic (exact) mass is 477 g/mol. The predicted molar refractivity (Wildman–Crippen MR) is 127 cm³/mol. The van der Waals surface area contributed by atoms with Crippen LogP contribution in [-0.4, -0.2) is 26.3 Å². The Kier molecular flexibility index (Phi) is 7.26. The smallest absolute Gasteiger partial charge is 0.270 e. The molecule has 35 heavy (non-hydrogen) atoms. The summed E-state index contributed by atoms with van der Waals surface area (Å²) in [4.78, 5) is 28.0. The number of nitrogens with zero attached hydrogens (tertiary/aromatic N) is 3. The predicted octanol–water partition coefficient (Wildman–Crippen LogP) is 4.16. The number of amides is 1. The highest BCUT2D eigenvalue weighted by molar-refractivity contribution is 5.98. The number of nitrogens with one attached hydrogen (secondary N) is 1. The molecule has 0 bridgehead atoms. The van der Waals surface area contributed by atoms with Gasteiger partial charge in [-0.25, -0.2) is 18.3 Å². The summed E-state index contributed by atoms with van der Waals surface area (Å²) in [6.45, 7) is 1.36. The van der Waals surface area contributed by atoms with E-state index in [0.29, 0.717) is 17.3 Å². The maximum absolute atomic E-state index is 13.2. The molecule has 1 atom stereocenters. The van der Waals surface area contributed by atoms with E-state index in [1.807, 2.05) is 0 Å². The zero-order chi connectivity index (χ0) is 24.9. The van der Waals surface area contributed by atoms with Crippen molar-refractivity contribution in [3.05, 3.63) is 101 Å². The minimum Gasteiger partial charge on any atom is -0.347 e. The minimum atomic E-state index is -0.987. The van der Waals surface area contributed by atoms with Crippen LogP contribution in [-0.2, 0) is 13.0 Å². The Morgan fingerprint density at radius 2 is 1.91 bits per heavy atom. The van der Waals surface area contributed by atoms with Crippen LogP contribution in [0.15, 0.2) is 60.8 Å². The van der Waals surface area contributed by atoms with E-state index in [2.05, 4.69) is 39.7 Å². The number of carbonyl (C=O) groups is 2. The highest BCUT2D eigenvalue weighted by Crippen LogP contribution is 2.27. The summed E-state index contributed by atoms with van der Waals surface area (Å²) in [5.41, 5.74) is 9.78. The number of benzene rings is 2. The first-order valence-corrected chi connectivity index (χ1v) is 11.2. The SMILES string of the molecule is CC(=O)c1cc(C(=O)NCc2ccc(F)c(F)c2)nc2ccnn12.NC1CCCc2ccccc21. The molecule has 0 saturated heterocycles. The first-order valence-electron chi connectivity index (χ1n) is 11.2. The molecule has 9 heteroatoms. The molecule has 1 aliphatic rings. The third kappa shape index (κ3) is 5.58. The van der Waals surface area contributed by atoms with Gasteiger partial charge in [-0.3, -0.25) is 9.59 Å². The minimum absolute atomic E-state index is 0.00242. The fourth-order valence-electron chi connectivity index (χ4n) is 3.99. The van der Waals surface area contributed by atoms with Crippen LogP contribution >= 0.6 is 0 Å². The van der Waals surface area contributed by atoms with Crippen molar-refractivity contribution in [3.63, 3.8) is 0 Å². The van der Waals surface area contributed by atoms with Crippen molar-refractivity contribution in [3.8, 4) is 0 Å².